The van der Waals surface area contributed by atoms with Gasteiger partial charge in [0.05, 0.1) is 6.07 Å². The van der Waals surface area contributed by atoms with E-state index in [0.29, 0.717) is 6.54 Å². The molecule has 0 aromatic carbocycles. The molecule has 1 rings (SSSR count). The molecule has 14 heavy (non-hydrogen) atoms. The third kappa shape index (κ3) is 2.61. The lowest BCUT2D eigenvalue weighted by Gasteiger charge is -2.24. The van der Waals surface area contributed by atoms with Crippen LogP contribution in [0.25, 0.3) is 0 Å². The number of alkyl halides is 3. The van der Waals surface area contributed by atoms with E-state index >= 15 is 0 Å². The first-order chi connectivity index (χ1) is 6.45. The lowest BCUT2D eigenvalue weighted by Crippen LogP contribution is -2.37. The van der Waals surface area contributed by atoms with Gasteiger partial charge in [0, 0.05) is 12.6 Å². The summed E-state index contributed by atoms with van der Waals surface area (Å²) >= 11 is 0. The first-order valence-corrected chi connectivity index (χ1v) is 4.65. The van der Waals surface area contributed by atoms with E-state index in [0.717, 1.165) is 12.8 Å². The molecule has 2 unspecified atom stereocenters. The van der Waals surface area contributed by atoms with E-state index in [4.69, 9.17) is 5.26 Å². The summed E-state index contributed by atoms with van der Waals surface area (Å²) in [5, 5.41) is 8.41. The molecule has 0 aromatic rings. The predicted octanol–water partition coefficient (Wildman–Crippen LogP) is 2.17. The maximum atomic E-state index is 12.3. The van der Waals surface area contributed by atoms with Crippen molar-refractivity contribution in [2.75, 3.05) is 13.1 Å². The van der Waals surface area contributed by atoms with Crippen molar-refractivity contribution in [1.29, 1.82) is 5.26 Å². The summed E-state index contributed by atoms with van der Waals surface area (Å²) in [5.41, 5.74) is 0. The fourth-order valence-corrected chi connectivity index (χ4v) is 1.72. The van der Waals surface area contributed by atoms with Crippen LogP contribution in [0, 0.1) is 17.2 Å². The molecule has 0 aromatic heterocycles. The summed E-state index contributed by atoms with van der Waals surface area (Å²) in [6.07, 6.45) is -2.54. The van der Waals surface area contributed by atoms with E-state index in [1.54, 1.807) is 4.90 Å². The van der Waals surface area contributed by atoms with Crippen molar-refractivity contribution in [3.05, 3.63) is 0 Å². The van der Waals surface area contributed by atoms with Crippen molar-refractivity contribution in [2.24, 2.45) is 5.92 Å². The van der Waals surface area contributed by atoms with Crippen LogP contribution in [0.5, 0.6) is 0 Å². The van der Waals surface area contributed by atoms with Crippen LogP contribution >= 0.6 is 0 Å². The quantitative estimate of drug-likeness (QED) is 0.692. The van der Waals surface area contributed by atoms with Crippen molar-refractivity contribution in [3.8, 4) is 6.07 Å². The molecule has 0 aliphatic carbocycles. The average Bonchev–Trinajstić information content (AvgIpc) is 2.45. The van der Waals surface area contributed by atoms with Crippen LogP contribution in [0.15, 0.2) is 0 Å². The second kappa shape index (κ2) is 4.18. The summed E-state index contributed by atoms with van der Waals surface area (Å²) in [7, 11) is 0. The van der Waals surface area contributed by atoms with Gasteiger partial charge in [0.15, 0.2) is 5.92 Å². The molecule has 2 nitrogen and oxygen atoms in total. The molecule has 1 heterocycles. The first kappa shape index (κ1) is 11.3. The first-order valence-electron chi connectivity index (χ1n) is 4.65. The lowest BCUT2D eigenvalue weighted by molar-refractivity contribution is -0.163. The standard InChI is InChI=1S/C9H13F3N2/c1-7-3-2-4-14(7)6-8(5-13)9(10,11)12/h7-8H,2-4,6H2,1H3. The number of nitrogens with zero attached hydrogens (tertiary/aromatic N) is 2. The van der Waals surface area contributed by atoms with E-state index in [9.17, 15) is 13.2 Å². The topological polar surface area (TPSA) is 27.0 Å². The van der Waals surface area contributed by atoms with Crippen molar-refractivity contribution in [3.63, 3.8) is 0 Å². The van der Waals surface area contributed by atoms with Crippen molar-refractivity contribution in [1.82, 2.24) is 4.90 Å². The highest BCUT2D eigenvalue weighted by molar-refractivity contribution is 4.92. The molecule has 0 spiro atoms. The molecule has 2 atom stereocenters. The summed E-state index contributed by atoms with van der Waals surface area (Å²) in [6, 6.07) is 1.50. The number of halogens is 3. The smallest absolute Gasteiger partial charge is 0.299 e. The summed E-state index contributed by atoms with van der Waals surface area (Å²) in [6.45, 7) is 2.40. The number of likely N-dealkylation sites (tertiary alicyclic amines) is 1. The number of hydrogen-bond donors (Lipinski definition) is 0. The minimum Gasteiger partial charge on any atom is -0.299 e. The highest BCUT2D eigenvalue weighted by atomic mass is 19.4. The highest BCUT2D eigenvalue weighted by Crippen LogP contribution is 2.28. The van der Waals surface area contributed by atoms with Crippen LogP contribution in [0.3, 0.4) is 0 Å². The van der Waals surface area contributed by atoms with E-state index in [1.165, 1.54) is 6.07 Å². The second-order valence-corrected chi connectivity index (χ2v) is 3.71. The van der Waals surface area contributed by atoms with Crippen LogP contribution in [0.1, 0.15) is 19.8 Å². The van der Waals surface area contributed by atoms with Gasteiger partial charge in [0.25, 0.3) is 0 Å². The van der Waals surface area contributed by atoms with Gasteiger partial charge in [-0.05, 0) is 26.3 Å². The van der Waals surface area contributed by atoms with E-state index < -0.39 is 12.1 Å². The van der Waals surface area contributed by atoms with Gasteiger partial charge in [-0.2, -0.15) is 18.4 Å². The molecular weight excluding hydrogens is 193 g/mol. The Bertz CT molecular complexity index is 231. The van der Waals surface area contributed by atoms with Gasteiger partial charge in [0.1, 0.15) is 0 Å². The van der Waals surface area contributed by atoms with Crippen molar-refractivity contribution < 1.29 is 13.2 Å². The number of nitriles is 1. The summed E-state index contributed by atoms with van der Waals surface area (Å²) in [4.78, 5) is 1.74. The minimum atomic E-state index is -4.39. The predicted molar refractivity (Wildman–Crippen MR) is 45.4 cm³/mol. The van der Waals surface area contributed by atoms with Gasteiger partial charge in [-0.3, -0.25) is 4.90 Å². The molecule has 1 aliphatic rings. The molecule has 80 valence electrons. The number of hydrogen-bond acceptors (Lipinski definition) is 2. The molecule has 0 N–H and O–H groups in total. The van der Waals surface area contributed by atoms with E-state index in [1.807, 2.05) is 6.92 Å². The Balaban J connectivity index is 2.53. The monoisotopic (exact) mass is 206 g/mol. The third-order valence-corrected chi connectivity index (χ3v) is 2.66. The maximum absolute atomic E-state index is 12.3. The fraction of sp³-hybridized carbons (Fsp3) is 0.889. The SMILES string of the molecule is CC1CCCN1CC(C#N)C(F)(F)F. The van der Waals surface area contributed by atoms with Gasteiger partial charge in [-0.1, -0.05) is 0 Å². The third-order valence-electron chi connectivity index (χ3n) is 2.66. The molecule has 0 amide bonds. The van der Waals surface area contributed by atoms with Crippen molar-refractivity contribution in [2.45, 2.75) is 32.0 Å². The van der Waals surface area contributed by atoms with E-state index in [-0.39, 0.29) is 12.6 Å². The van der Waals surface area contributed by atoms with Gasteiger partial charge in [-0.15, -0.1) is 0 Å². The molecular formula is C9H13F3N2. The molecule has 5 heteroatoms. The maximum Gasteiger partial charge on any atom is 0.405 e. The Morgan fingerprint density at radius 2 is 2.21 bits per heavy atom. The second-order valence-electron chi connectivity index (χ2n) is 3.71. The minimum absolute atomic E-state index is 0.174. The largest absolute Gasteiger partial charge is 0.405 e. The Hall–Kier alpha value is -0.760. The fourth-order valence-electron chi connectivity index (χ4n) is 1.72. The zero-order valence-corrected chi connectivity index (χ0v) is 8.01. The van der Waals surface area contributed by atoms with Crippen molar-refractivity contribution >= 4 is 0 Å². The van der Waals surface area contributed by atoms with Crippen LogP contribution < -0.4 is 0 Å². The zero-order valence-electron chi connectivity index (χ0n) is 8.01. The van der Waals surface area contributed by atoms with Crippen LogP contribution in [0.4, 0.5) is 13.2 Å². The van der Waals surface area contributed by atoms with Crippen LogP contribution in [0.2, 0.25) is 0 Å². The van der Waals surface area contributed by atoms with Gasteiger partial charge in [-0.25, -0.2) is 0 Å². The molecule has 0 bridgehead atoms. The van der Waals surface area contributed by atoms with E-state index in [2.05, 4.69) is 0 Å². The molecule has 1 aliphatic heterocycles. The number of rotatable bonds is 2. The van der Waals surface area contributed by atoms with Crippen LogP contribution in [-0.4, -0.2) is 30.2 Å². The summed E-state index contributed by atoms with van der Waals surface area (Å²) < 4.78 is 36.8. The Labute approximate surface area is 81.3 Å². The summed E-state index contributed by atoms with van der Waals surface area (Å²) in [5.74, 6) is -1.84. The lowest BCUT2D eigenvalue weighted by atomic mass is 10.1. The van der Waals surface area contributed by atoms with Gasteiger partial charge >= 0.3 is 6.18 Å². The highest BCUT2D eigenvalue weighted by Gasteiger charge is 2.41. The molecule has 1 saturated heterocycles. The molecule has 0 radical (unpaired) electrons. The Morgan fingerprint density at radius 3 is 2.57 bits per heavy atom. The van der Waals surface area contributed by atoms with Crippen LogP contribution in [-0.2, 0) is 0 Å². The average molecular weight is 206 g/mol. The normalized spacial score (nSPS) is 26.1. The van der Waals surface area contributed by atoms with Gasteiger partial charge < -0.3 is 0 Å². The molecule has 0 saturated carbocycles. The Morgan fingerprint density at radius 1 is 1.57 bits per heavy atom. The zero-order chi connectivity index (χ0) is 10.8. The Kier molecular flexibility index (Phi) is 3.38. The van der Waals surface area contributed by atoms with Gasteiger partial charge in [0.2, 0.25) is 0 Å². The molecule has 1 fully saturated rings.